The fraction of sp³-hybridized carbons (Fsp3) is 0.429. The largest absolute Gasteiger partial charge is 0.351 e. The van der Waals surface area contributed by atoms with Crippen molar-refractivity contribution < 1.29 is 9.59 Å². The number of rotatable bonds is 4. The second-order valence-corrected chi connectivity index (χ2v) is 8.19. The molecule has 1 aromatic carbocycles. The molecule has 7 heteroatoms. The van der Waals surface area contributed by atoms with Crippen LogP contribution in [0.25, 0.3) is 0 Å². The second kappa shape index (κ2) is 7.58. The summed E-state index contributed by atoms with van der Waals surface area (Å²) in [5.74, 6) is -0.412. The van der Waals surface area contributed by atoms with Crippen molar-refractivity contribution in [1.82, 2.24) is 15.1 Å². The van der Waals surface area contributed by atoms with Crippen molar-refractivity contribution in [2.75, 3.05) is 4.90 Å². The first-order valence-corrected chi connectivity index (χ1v) is 9.46. The number of para-hydroxylation sites is 1. The third-order valence-corrected chi connectivity index (χ3v) is 4.58. The van der Waals surface area contributed by atoms with E-state index >= 15 is 0 Å². The first-order valence-electron chi connectivity index (χ1n) is 9.46. The molecule has 2 amide bonds. The third kappa shape index (κ3) is 4.30. The van der Waals surface area contributed by atoms with E-state index in [-0.39, 0.29) is 47.6 Å². The molecule has 7 nitrogen and oxygen atoms in total. The molecule has 0 saturated carbocycles. The molecular formula is C21H26N4O3. The van der Waals surface area contributed by atoms with Crippen molar-refractivity contribution in [3.63, 3.8) is 0 Å². The number of carbonyl (C=O) groups excluding carboxylic acids is 2. The van der Waals surface area contributed by atoms with Crippen LogP contribution in [0.1, 0.15) is 50.2 Å². The molecule has 0 radical (unpaired) electrons. The Morgan fingerprint density at radius 3 is 2.61 bits per heavy atom. The number of benzene rings is 1. The van der Waals surface area contributed by atoms with Gasteiger partial charge in [-0.15, -0.1) is 0 Å². The van der Waals surface area contributed by atoms with Gasteiger partial charge in [0.25, 0.3) is 11.5 Å². The molecule has 2 heterocycles. The summed E-state index contributed by atoms with van der Waals surface area (Å²) in [5, 5.41) is 7.08. The van der Waals surface area contributed by atoms with Crippen LogP contribution in [0.2, 0.25) is 0 Å². The van der Waals surface area contributed by atoms with Gasteiger partial charge in [0.05, 0.1) is 6.54 Å². The maximum atomic E-state index is 13.1. The number of nitrogens with one attached hydrogen (secondary N) is 1. The number of aromatic nitrogens is 2. The molecule has 0 unspecified atom stereocenters. The number of anilines is 1. The molecule has 0 spiro atoms. The van der Waals surface area contributed by atoms with E-state index in [2.05, 4.69) is 10.4 Å². The molecular weight excluding hydrogens is 356 g/mol. The minimum absolute atomic E-state index is 0.0182. The standard InChI is InChI=1S/C21H26N4O3/c1-14-13-15-7-5-6-8-17(15)25(14)20(28)16-9-10-19(27)24(23-16)12-11-18(26)22-21(2,3)4/h5-10,14H,11-13H2,1-4H3,(H,22,26)/t14-/m0/s1. The number of carbonyl (C=O) groups is 2. The highest BCUT2D eigenvalue weighted by atomic mass is 16.2. The summed E-state index contributed by atoms with van der Waals surface area (Å²) in [6, 6.07) is 10.6. The fourth-order valence-corrected chi connectivity index (χ4v) is 3.41. The van der Waals surface area contributed by atoms with Crippen molar-refractivity contribution in [3.8, 4) is 0 Å². The van der Waals surface area contributed by atoms with Gasteiger partial charge in [-0.3, -0.25) is 14.4 Å². The Morgan fingerprint density at radius 2 is 1.89 bits per heavy atom. The molecule has 1 N–H and O–H groups in total. The van der Waals surface area contributed by atoms with Gasteiger partial charge < -0.3 is 10.2 Å². The summed E-state index contributed by atoms with van der Waals surface area (Å²) >= 11 is 0. The molecule has 0 aliphatic carbocycles. The van der Waals surface area contributed by atoms with Crippen LogP contribution in [-0.4, -0.2) is 33.2 Å². The lowest BCUT2D eigenvalue weighted by Crippen LogP contribution is -2.41. The monoisotopic (exact) mass is 382 g/mol. The van der Waals surface area contributed by atoms with Gasteiger partial charge in [-0.2, -0.15) is 5.10 Å². The average molecular weight is 382 g/mol. The zero-order chi connectivity index (χ0) is 20.5. The predicted octanol–water partition coefficient (Wildman–Crippen LogP) is 2.14. The number of aryl methyl sites for hydroxylation is 1. The molecule has 1 aromatic heterocycles. The lowest BCUT2D eigenvalue weighted by molar-refractivity contribution is -0.122. The quantitative estimate of drug-likeness (QED) is 0.878. The van der Waals surface area contributed by atoms with E-state index in [1.807, 2.05) is 52.0 Å². The SMILES string of the molecule is C[C@H]1Cc2ccccc2N1C(=O)c1ccc(=O)n(CCC(=O)NC(C)(C)C)n1. The maximum Gasteiger partial charge on any atom is 0.278 e. The van der Waals surface area contributed by atoms with Gasteiger partial charge in [0.1, 0.15) is 5.69 Å². The molecule has 0 fully saturated rings. The molecule has 1 atom stereocenters. The smallest absolute Gasteiger partial charge is 0.278 e. The zero-order valence-electron chi connectivity index (χ0n) is 16.7. The van der Waals surface area contributed by atoms with Crippen molar-refractivity contribution in [2.24, 2.45) is 0 Å². The van der Waals surface area contributed by atoms with E-state index in [1.165, 1.54) is 16.8 Å². The number of amides is 2. The van der Waals surface area contributed by atoms with Crippen LogP contribution < -0.4 is 15.8 Å². The first kappa shape index (κ1) is 19.8. The molecule has 2 aromatic rings. The Balaban J connectivity index is 1.79. The van der Waals surface area contributed by atoms with Gasteiger partial charge in [-0.25, -0.2) is 4.68 Å². The van der Waals surface area contributed by atoms with Gasteiger partial charge in [-0.05, 0) is 51.8 Å². The van der Waals surface area contributed by atoms with E-state index in [4.69, 9.17) is 0 Å². The van der Waals surface area contributed by atoms with Crippen LogP contribution in [0.5, 0.6) is 0 Å². The van der Waals surface area contributed by atoms with Crippen molar-refractivity contribution in [2.45, 2.75) is 58.7 Å². The lowest BCUT2D eigenvalue weighted by atomic mass is 10.1. The van der Waals surface area contributed by atoms with E-state index in [0.717, 1.165) is 17.7 Å². The first-order chi connectivity index (χ1) is 13.2. The van der Waals surface area contributed by atoms with E-state index in [0.29, 0.717) is 0 Å². The highest BCUT2D eigenvalue weighted by Gasteiger charge is 2.32. The van der Waals surface area contributed by atoms with E-state index < -0.39 is 0 Å². The normalized spacial score (nSPS) is 16.0. The Bertz CT molecular complexity index is 959. The number of hydrogen-bond acceptors (Lipinski definition) is 4. The van der Waals surface area contributed by atoms with Crippen LogP contribution in [0, 0.1) is 0 Å². The average Bonchev–Trinajstić information content (AvgIpc) is 2.94. The van der Waals surface area contributed by atoms with Crippen molar-refractivity contribution >= 4 is 17.5 Å². The second-order valence-electron chi connectivity index (χ2n) is 8.19. The Morgan fingerprint density at radius 1 is 1.18 bits per heavy atom. The zero-order valence-corrected chi connectivity index (χ0v) is 16.7. The molecule has 3 rings (SSSR count). The topological polar surface area (TPSA) is 84.3 Å². The summed E-state index contributed by atoms with van der Waals surface area (Å²) in [4.78, 5) is 38.9. The number of nitrogens with zero attached hydrogens (tertiary/aromatic N) is 3. The Labute approximate surface area is 164 Å². The predicted molar refractivity (Wildman–Crippen MR) is 107 cm³/mol. The van der Waals surface area contributed by atoms with Crippen molar-refractivity contribution in [1.29, 1.82) is 0 Å². The molecule has 1 aliphatic rings. The van der Waals surface area contributed by atoms with Crippen LogP contribution in [0.3, 0.4) is 0 Å². The highest BCUT2D eigenvalue weighted by Crippen LogP contribution is 2.32. The van der Waals surface area contributed by atoms with E-state index in [9.17, 15) is 14.4 Å². The Kier molecular flexibility index (Phi) is 5.36. The molecule has 148 valence electrons. The van der Waals surface area contributed by atoms with Crippen LogP contribution in [0.15, 0.2) is 41.2 Å². The van der Waals surface area contributed by atoms with Crippen molar-refractivity contribution in [3.05, 3.63) is 58.0 Å². The third-order valence-electron chi connectivity index (χ3n) is 4.58. The molecule has 28 heavy (non-hydrogen) atoms. The summed E-state index contributed by atoms with van der Waals surface area (Å²) in [7, 11) is 0. The minimum atomic E-state index is -0.341. The van der Waals surface area contributed by atoms with Gasteiger partial charge in [0.15, 0.2) is 0 Å². The summed E-state index contributed by atoms with van der Waals surface area (Å²) < 4.78 is 1.18. The fourth-order valence-electron chi connectivity index (χ4n) is 3.41. The summed E-state index contributed by atoms with van der Waals surface area (Å²) in [5.41, 5.74) is 1.51. The lowest BCUT2D eigenvalue weighted by Gasteiger charge is -2.22. The number of fused-ring (bicyclic) bond motifs is 1. The van der Waals surface area contributed by atoms with Gasteiger partial charge in [-0.1, -0.05) is 18.2 Å². The highest BCUT2D eigenvalue weighted by molar-refractivity contribution is 6.06. The molecule has 1 aliphatic heterocycles. The summed E-state index contributed by atoms with van der Waals surface area (Å²) in [6.07, 6.45) is 0.902. The maximum absolute atomic E-state index is 13.1. The van der Waals surface area contributed by atoms with Gasteiger partial charge in [0, 0.05) is 29.8 Å². The minimum Gasteiger partial charge on any atom is -0.351 e. The molecule has 0 saturated heterocycles. The van der Waals surface area contributed by atoms with Crippen LogP contribution in [0.4, 0.5) is 5.69 Å². The van der Waals surface area contributed by atoms with Gasteiger partial charge >= 0.3 is 0 Å². The van der Waals surface area contributed by atoms with Crippen LogP contribution in [-0.2, 0) is 17.8 Å². The van der Waals surface area contributed by atoms with Crippen LogP contribution >= 0.6 is 0 Å². The molecule has 0 bridgehead atoms. The summed E-state index contributed by atoms with van der Waals surface area (Å²) in [6.45, 7) is 7.79. The Hall–Kier alpha value is -2.96. The van der Waals surface area contributed by atoms with E-state index in [1.54, 1.807) is 4.90 Å². The number of hydrogen-bond donors (Lipinski definition) is 1. The van der Waals surface area contributed by atoms with Gasteiger partial charge in [0.2, 0.25) is 5.91 Å².